The van der Waals surface area contributed by atoms with E-state index in [-0.39, 0.29) is 52.0 Å². The molecule has 1 unspecified atom stereocenters. The van der Waals surface area contributed by atoms with E-state index in [0.29, 0.717) is 40.3 Å². The Kier molecular flexibility index (Phi) is 8.30. The fourth-order valence-corrected chi connectivity index (χ4v) is 5.95. The zero-order valence-corrected chi connectivity index (χ0v) is 26.7. The van der Waals surface area contributed by atoms with Crippen molar-refractivity contribution in [2.45, 2.75) is 24.7 Å². The van der Waals surface area contributed by atoms with Crippen molar-refractivity contribution in [2.75, 3.05) is 20.3 Å². The van der Waals surface area contributed by atoms with E-state index in [2.05, 4.69) is 15.5 Å². The molecular weight excluding hydrogens is 644 g/mol. The van der Waals surface area contributed by atoms with E-state index in [1.165, 1.54) is 19.2 Å². The number of primary amides is 1. The number of hydrogen-bond donors (Lipinski definition) is 2. The van der Waals surface area contributed by atoms with Gasteiger partial charge in [0.05, 0.1) is 23.5 Å². The molecule has 13 heteroatoms. The molecule has 48 heavy (non-hydrogen) atoms. The molecule has 1 aliphatic rings. The molecule has 0 saturated heterocycles. The van der Waals surface area contributed by atoms with Gasteiger partial charge in [0.25, 0.3) is 5.91 Å². The molecule has 2 amide bonds. The van der Waals surface area contributed by atoms with E-state index in [0.717, 1.165) is 6.07 Å². The summed E-state index contributed by atoms with van der Waals surface area (Å²) in [7, 11) is 1.45. The molecule has 5 aromatic rings. The average Bonchev–Trinajstić information content (AvgIpc) is 3.44. The summed E-state index contributed by atoms with van der Waals surface area (Å²) in [6, 6.07) is 16.6. The number of benzene rings is 3. The normalized spacial score (nSPS) is 16.5. The van der Waals surface area contributed by atoms with Crippen LogP contribution in [0.3, 0.4) is 0 Å². The molecule has 3 aromatic carbocycles. The summed E-state index contributed by atoms with van der Waals surface area (Å²) < 4.78 is 40.9. The molecule has 0 saturated carbocycles. The maximum absolute atomic E-state index is 15.4. The van der Waals surface area contributed by atoms with Crippen molar-refractivity contribution in [3.63, 3.8) is 0 Å². The lowest BCUT2D eigenvalue weighted by Gasteiger charge is -2.30. The smallest absolute Gasteiger partial charge is 0.251 e. The Labute approximate surface area is 278 Å². The quantitative estimate of drug-likeness (QED) is 0.165. The number of nitrogens with one attached hydrogen (secondary N) is 1. The maximum atomic E-state index is 15.4. The number of amides is 2. The van der Waals surface area contributed by atoms with E-state index in [4.69, 9.17) is 31.8 Å². The Hall–Kier alpha value is -5.49. The van der Waals surface area contributed by atoms with E-state index in [1.807, 2.05) is 0 Å². The summed E-state index contributed by atoms with van der Waals surface area (Å²) >= 11 is 6.05. The summed E-state index contributed by atoms with van der Waals surface area (Å²) in [6.07, 6.45) is 0.618. The first-order valence-electron chi connectivity index (χ1n) is 14.7. The number of ether oxygens (including phenoxy) is 2. The number of carbonyl (C=O) groups is 3. The number of methoxy groups -OCH3 is 1. The molecule has 2 aromatic heterocycles. The lowest BCUT2D eigenvalue weighted by atomic mass is 9.75. The minimum absolute atomic E-state index is 0.0279. The van der Waals surface area contributed by atoms with Gasteiger partial charge in [-0.3, -0.25) is 9.59 Å². The second kappa shape index (κ2) is 12.3. The van der Waals surface area contributed by atoms with Crippen LogP contribution < -0.4 is 20.5 Å². The minimum atomic E-state index is -1.69. The number of nitrogens with zero attached hydrogens (tertiary/aromatic N) is 3. The van der Waals surface area contributed by atoms with Crippen molar-refractivity contribution in [1.82, 2.24) is 20.5 Å². The van der Waals surface area contributed by atoms with Crippen LogP contribution >= 0.6 is 11.6 Å². The molecule has 0 radical (unpaired) electrons. The van der Waals surface area contributed by atoms with Crippen LogP contribution in [0.4, 0.5) is 8.78 Å². The van der Waals surface area contributed by atoms with Crippen molar-refractivity contribution in [1.29, 1.82) is 0 Å². The van der Waals surface area contributed by atoms with Gasteiger partial charge in [-0.15, -0.1) is 5.10 Å². The first-order chi connectivity index (χ1) is 22.9. The highest BCUT2D eigenvalue weighted by atomic mass is 35.5. The Morgan fingerprint density at radius 1 is 1.10 bits per heavy atom. The lowest BCUT2D eigenvalue weighted by molar-refractivity contribution is -0.123. The van der Waals surface area contributed by atoms with Gasteiger partial charge in [0.15, 0.2) is 0 Å². The molecular formula is C35H28ClF2N5O5. The summed E-state index contributed by atoms with van der Waals surface area (Å²) in [4.78, 5) is 44.6. The molecule has 2 atom stereocenters. The third kappa shape index (κ3) is 5.37. The second-order valence-corrected chi connectivity index (χ2v) is 12.1. The van der Waals surface area contributed by atoms with Crippen molar-refractivity contribution in [3.05, 3.63) is 111 Å². The second-order valence-electron chi connectivity index (χ2n) is 11.7. The van der Waals surface area contributed by atoms with Gasteiger partial charge in [-0.1, -0.05) is 41.9 Å². The van der Waals surface area contributed by atoms with E-state index < -0.39 is 34.3 Å². The summed E-state index contributed by atoms with van der Waals surface area (Å²) in [5.41, 5.74) is 4.39. The number of fused-ring (bicyclic) bond motifs is 2. The topological polar surface area (TPSA) is 146 Å². The van der Waals surface area contributed by atoms with Crippen molar-refractivity contribution in [2.24, 2.45) is 5.73 Å². The standard InChI is InChI=1S/C35H28ClF2N5O5/c1-18-9-19-10-20(11-27(47-3)29(19)43-42-18)32(45)40-15-35(16-44,21-7-5-4-6-8-21)28-13-23-31(48-17-34(23,2)33(39)46)30(41-28)22-12-24(36)26(38)14-25(22)37/h4-14,16H,15,17H2,1-3H3,(H2,39,46)(H,40,45)/t34-,35?/m0/s1. The van der Waals surface area contributed by atoms with Gasteiger partial charge in [0.2, 0.25) is 5.91 Å². The monoisotopic (exact) mass is 671 g/mol. The van der Waals surface area contributed by atoms with Crippen LogP contribution in [-0.2, 0) is 20.4 Å². The molecule has 6 rings (SSSR count). The zero-order chi connectivity index (χ0) is 34.4. The number of nitrogens with two attached hydrogens (primary N) is 1. The van der Waals surface area contributed by atoms with Gasteiger partial charge >= 0.3 is 0 Å². The number of halogens is 3. The molecule has 244 valence electrons. The van der Waals surface area contributed by atoms with Gasteiger partial charge in [-0.05, 0) is 49.7 Å². The van der Waals surface area contributed by atoms with Gasteiger partial charge in [-0.25, -0.2) is 13.8 Å². The summed E-state index contributed by atoms with van der Waals surface area (Å²) in [5.74, 6) is -2.93. The fourth-order valence-electron chi connectivity index (χ4n) is 5.79. The molecule has 3 heterocycles. The first kappa shape index (κ1) is 32.5. The fraction of sp³-hybridized carbons (Fsp3) is 0.200. The minimum Gasteiger partial charge on any atom is -0.494 e. The molecule has 10 nitrogen and oxygen atoms in total. The van der Waals surface area contributed by atoms with Gasteiger partial charge in [0.1, 0.15) is 58.1 Å². The zero-order valence-electron chi connectivity index (χ0n) is 25.9. The van der Waals surface area contributed by atoms with Crippen LogP contribution in [0.5, 0.6) is 11.5 Å². The predicted octanol–water partition coefficient (Wildman–Crippen LogP) is 4.99. The van der Waals surface area contributed by atoms with Crippen molar-refractivity contribution >= 4 is 40.6 Å². The third-order valence-corrected chi connectivity index (χ3v) is 8.90. The van der Waals surface area contributed by atoms with E-state index >= 15 is 4.39 Å². The van der Waals surface area contributed by atoms with Crippen molar-refractivity contribution < 1.29 is 32.6 Å². The Morgan fingerprint density at radius 3 is 2.54 bits per heavy atom. The SMILES string of the molecule is COc1cc(C(=O)NCC(C=O)(c2ccccc2)c2cc3c(c(-c4cc(Cl)c(F)cc4F)n2)OC[C@]3(C)C(N)=O)cc2cc(C)nnc12. The highest BCUT2D eigenvalue weighted by molar-refractivity contribution is 6.31. The molecule has 0 bridgehead atoms. The molecule has 0 fully saturated rings. The first-order valence-corrected chi connectivity index (χ1v) is 15.1. The van der Waals surface area contributed by atoms with Crippen molar-refractivity contribution in [3.8, 4) is 22.8 Å². The Morgan fingerprint density at radius 2 is 1.85 bits per heavy atom. The van der Waals surface area contributed by atoms with Crippen LogP contribution in [0.2, 0.25) is 5.02 Å². The molecule has 3 N–H and O–H groups in total. The van der Waals surface area contributed by atoms with Crippen LogP contribution in [0.1, 0.15) is 39.8 Å². The maximum Gasteiger partial charge on any atom is 0.251 e. The Bertz CT molecular complexity index is 2130. The molecule has 0 aliphatic carbocycles. The largest absolute Gasteiger partial charge is 0.494 e. The van der Waals surface area contributed by atoms with Gasteiger partial charge < -0.3 is 25.3 Å². The summed E-state index contributed by atoms with van der Waals surface area (Å²) in [6.45, 7) is 2.80. The number of aldehydes is 1. The average molecular weight is 672 g/mol. The van der Waals surface area contributed by atoms with E-state index in [1.54, 1.807) is 56.3 Å². The van der Waals surface area contributed by atoms with Crippen LogP contribution in [0.25, 0.3) is 22.2 Å². The number of aryl methyl sites for hydroxylation is 1. The van der Waals surface area contributed by atoms with E-state index in [9.17, 15) is 18.8 Å². The van der Waals surface area contributed by atoms with Gasteiger partial charge in [-0.2, -0.15) is 5.10 Å². The lowest BCUT2D eigenvalue weighted by Crippen LogP contribution is -2.44. The Balaban J connectivity index is 1.53. The number of carbonyl (C=O) groups excluding carboxylic acids is 3. The number of rotatable bonds is 9. The highest BCUT2D eigenvalue weighted by Crippen LogP contribution is 2.47. The van der Waals surface area contributed by atoms with Crippen LogP contribution in [-0.4, -0.2) is 53.5 Å². The van der Waals surface area contributed by atoms with Gasteiger partial charge in [0, 0.05) is 34.7 Å². The van der Waals surface area contributed by atoms with Crippen LogP contribution in [0, 0.1) is 18.6 Å². The third-order valence-electron chi connectivity index (χ3n) is 8.62. The highest BCUT2D eigenvalue weighted by Gasteiger charge is 2.46. The molecule has 0 spiro atoms. The van der Waals surface area contributed by atoms with Crippen LogP contribution in [0.15, 0.2) is 66.7 Å². The number of hydrogen-bond acceptors (Lipinski definition) is 8. The number of pyridine rings is 1. The predicted molar refractivity (Wildman–Crippen MR) is 173 cm³/mol. The molecule has 1 aliphatic heterocycles. The summed E-state index contributed by atoms with van der Waals surface area (Å²) in [5, 5.41) is 11.3. The number of aromatic nitrogens is 3.